The molecule has 4 aromatic rings. The van der Waals surface area contributed by atoms with Gasteiger partial charge in [0.05, 0.1) is 15.6 Å². The highest BCUT2D eigenvalue weighted by molar-refractivity contribution is 7.92. The van der Waals surface area contributed by atoms with Crippen LogP contribution in [0.15, 0.2) is 114 Å². The Morgan fingerprint density at radius 1 is 0.810 bits per heavy atom. The minimum atomic E-state index is -4.27. The van der Waals surface area contributed by atoms with Crippen LogP contribution in [0.1, 0.15) is 18.1 Å². The molecule has 4 rings (SSSR count). The molecule has 0 saturated heterocycles. The number of carbonyl (C=O) groups is 2. The van der Waals surface area contributed by atoms with Crippen molar-refractivity contribution in [3.63, 3.8) is 0 Å². The molecule has 218 valence electrons. The van der Waals surface area contributed by atoms with Gasteiger partial charge in [-0.05, 0) is 48.4 Å². The summed E-state index contributed by atoms with van der Waals surface area (Å²) in [7, 11) is -4.27. The van der Waals surface area contributed by atoms with Gasteiger partial charge in [-0.2, -0.15) is 0 Å². The molecule has 0 radical (unpaired) electrons. The standard InChI is InChI=1S/C32H31Cl2N3O4S/c1-2-35-32(39)30(20-24-12-6-3-7-13-24)36(22-25-14-8-4-9-15-25)31(38)23-37(29-21-26(33)18-19-28(29)34)42(40,41)27-16-10-5-11-17-27/h3-19,21,30H,2,20,22-23H2,1H3,(H,35,39). The van der Waals surface area contributed by atoms with Crippen molar-refractivity contribution >= 4 is 50.7 Å². The van der Waals surface area contributed by atoms with Crippen molar-refractivity contribution in [1.29, 1.82) is 0 Å². The predicted molar refractivity (Wildman–Crippen MR) is 167 cm³/mol. The Labute approximate surface area is 256 Å². The first-order valence-corrected chi connectivity index (χ1v) is 15.6. The van der Waals surface area contributed by atoms with Gasteiger partial charge in [0.25, 0.3) is 10.0 Å². The maximum absolute atomic E-state index is 14.3. The van der Waals surface area contributed by atoms with E-state index in [1.807, 2.05) is 60.7 Å². The molecule has 1 N–H and O–H groups in total. The maximum atomic E-state index is 14.3. The minimum absolute atomic E-state index is 0.0204. The molecule has 0 aliphatic carbocycles. The molecule has 0 bridgehead atoms. The number of rotatable bonds is 12. The fourth-order valence-electron chi connectivity index (χ4n) is 4.54. The Bertz CT molecular complexity index is 1610. The molecule has 0 spiro atoms. The molecular formula is C32H31Cl2N3O4S. The topological polar surface area (TPSA) is 86.8 Å². The molecule has 0 aliphatic heterocycles. The van der Waals surface area contributed by atoms with Crippen molar-refractivity contribution in [3.05, 3.63) is 130 Å². The largest absolute Gasteiger partial charge is 0.355 e. The summed E-state index contributed by atoms with van der Waals surface area (Å²) in [6.07, 6.45) is 0.231. The van der Waals surface area contributed by atoms with Crippen LogP contribution in [0.5, 0.6) is 0 Å². The third-order valence-corrected chi connectivity index (χ3v) is 8.93. The van der Waals surface area contributed by atoms with Crippen LogP contribution in [0.25, 0.3) is 0 Å². The van der Waals surface area contributed by atoms with Crippen molar-refractivity contribution in [2.45, 2.75) is 30.8 Å². The molecule has 0 aliphatic rings. The van der Waals surface area contributed by atoms with Gasteiger partial charge in [-0.15, -0.1) is 0 Å². The van der Waals surface area contributed by atoms with Gasteiger partial charge in [-0.25, -0.2) is 8.42 Å². The summed E-state index contributed by atoms with van der Waals surface area (Å²) in [5.74, 6) is -0.925. The van der Waals surface area contributed by atoms with E-state index in [9.17, 15) is 18.0 Å². The normalized spacial score (nSPS) is 11.9. The predicted octanol–water partition coefficient (Wildman–Crippen LogP) is 5.96. The first-order chi connectivity index (χ1) is 20.2. The number of hydrogen-bond donors (Lipinski definition) is 1. The second kappa shape index (κ2) is 14.4. The highest BCUT2D eigenvalue weighted by atomic mass is 35.5. The lowest BCUT2D eigenvalue weighted by atomic mass is 10.0. The van der Waals surface area contributed by atoms with E-state index in [1.165, 1.54) is 35.2 Å². The van der Waals surface area contributed by atoms with Gasteiger partial charge in [-0.1, -0.05) is 102 Å². The second-order valence-electron chi connectivity index (χ2n) is 9.53. The average molecular weight is 625 g/mol. The molecule has 4 aromatic carbocycles. The van der Waals surface area contributed by atoms with Gasteiger partial charge < -0.3 is 10.2 Å². The van der Waals surface area contributed by atoms with Gasteiger partial charge >= 0.3 is 0 Å². The quantitative estimate of drug-likeness (QED) is 0.211. The van der Waals surface area contributed by atoms with Gasteiger partial charge in [0, 0.05) is 24.5 Å². The number of hydrogen-bond acceptors (Lipinski definition) is 4. The highest BCUT2D eigenvalue weighted by Crippen LogP contribution is 2.33. The van der Waals surface area contributed by atoms with Crippen molar-refractivity contribution in [3.8, 4) is 0 Å². The van der Waals surface area contributed by atoms with E-state index < -0.39 is 28.5 Å². The molecule has 0 heterocycles. The fourth-order valence-corrected chi connectivity index (χ4v) is 6.42. The van der Waals surface area contributed by atoms with Crippen molar-refractivity contribution < 1.29 is 18.0 Å². The number of amides is 2. The van der Waals surface area contributed by atoms with Crippen molar-refractivity contribution in [1.82, 2.24) is 10.2 Å². The van der Waals surface area contributed by atoms with Gasteiger partial charge in [-0.3, -0.25) is 13.9 Å². The number of carbonyl (C=O) groups excluding carboxylic acids is 2. The minimum Gasteiger partial charge on any atom is -0.355 e. The Balaban J connectivity index is 1.81. The Morgan fingerprint density at radius 2 is 1.38 bits per heavy atom. The van der Waals surface area contributed by atoms with Crippen molar-refractivity contribution in [2.75, 3.05) is 17.4 Å². The summed E-state index contributed by atoms with van der Waals surface area (Å²) in [4.78, 5) is 29.2. The van der Waals surface area contributed by atoms with Crippen LogP contribution in [0.3, 0.4) is 0 Å². The third kappa shape index (κ3) is 7.70. The summed E-state index contributed by atoms with van der Waals surface area (Å²) in [5.41, 5.74) is 1.69. The van der Waals surface area contributed by atoms with Crippen LogP contribution in [-0.2, 0) is 32.6 Å². The number of likely N-dealkylation sites (N-methyl/N-ethyl adjacent to an activating group) is 1. The summed E-state index contributed by atoms with van der Waals surface area (Å²) >= 11 is 12.7. The van der Waals surface area contributed by atoms with Crippen LogP contribution in [-0.4, -0.2) is 44.3 Å². The van der Waals surface area contributed by atoms with E-state index in [-0.39, 0.29) is 39.5 Å². The Morgan fingerprint density at radius 3 is 1.98 bits per heavy atom. The fraction of sp³-hybridized carbons (Fsp3) is 0.188. The van der Waals surface area contributed by atoms with E-state index in [4.69, 9.17) is 23.2 Å². The number of halogens is 2. The van der Waals surface area contributed by atoms with E-state index in [0.717, 1.165) is 15.4 Å². The smallest absolute Gasteiger partial charge is 0.264 e. The zero-order valence-electron chi connectivity index (χ0n) is 23.0. The third-order valence-electron chi connectivity index (χ3n) is 6.60. The lowest BCUT2D eigenvalue weighted by Gasteiger charge is -2.34. The van der Waals surface area contributed by atoms with E-state index in [2.05, 4.69) is 5.32 Å². The monoisotopic (exact) mass is 623 g/mol. The molecule has 0 saturated carbocycles. The lowest BCUT2D eigenvalue weighted by molar-refractivity contribution is -0.140. The first kappa shape index (κ1) is 31.1. The average Bonchev–Trinajstić information content (AvgIpc) is 3.00. The number of benzene rings is 4. The van der Waals surface area contributed by atoms with E-state index in [0.29, 0.717) is 6.54 Å². The summed E-state index contributed by atoms with van der Waals surface area (Å²) in [6, 6.07) is 29.9. The van der Waals surface area contributed by atoms with Gasteiger partial charge in [0.2, 0.25) is 11.8 Å². The van der Waals surface area contributed by atoms with Crippen LogP contribution in [0, 0.1) is 0 Å². The SMILES string of the molecule is CCNC(=O)C(Cc1ccccc1)N(Cc1ccccc1)C(=O)CN(c1cc(Cl)ccc1Cl)S(=O)(=O)c1ccccc1. The second-order valence-corrected chi connectivity index (χ2v) is 12.2. The summed E-state index contributed by atoms with van der Waals surface area (Å²) in [5, 5.41) is 3.19. The highest BCUT2D eigenvalue weighted by Gasteiger charge is 2.35. The van der Waals surface area contributed by atoms with Gasteiger partial charge in [0.1, 0.15) is 12.6 Å². The Kier molecular flexibility index (Phi) is 10.6. The first-order valence-electron chi connectivity index (χ1n) is 13.4. The molecule has 0 aromatic heterocycles. The number of nitrogens with one attached hydrogen (secondary N) is 1. The maximum Gasteiger partial charge on any atom is 0.264 e. The number of sulfonamides is 1. The van der Waals surface area contributed by atoms with Crippen molar-refractivity contribution in [2.24, 2.45) is 0 Å². The zero-order chi connectivity index (χ0) is 30.1. The van der Waals surface area contributed by atoms with E-state index in [1.54, 1.807) is 25.1 Å². The summed E-state index contributed by atoms with van der Waals surface area (Å²) < 4.78 is 28.9. The van der Waals surface area contributed by atoms with Crippen LogP contribution in [0.4, 0.5) is 5.69 Å². The molecular weight excluding hydrogens is 593 g/mol. The van der Waals surface area contributed by atoms with Crippen LogP contribution >= 0.6 is 23.2 Å². The number of anilines is 1. The molecule has 1 atom stereocenters. The molecule has 0 fully saturated rings. The van der Waals surface area contributed by atoms with Crippen LogP contribution in [0.2, 0.25) is 10.0 Å². The Hall–Kier alpha value is -3.85. The zero-order valence-corrected chi connectivity index (χ0v) is 25.3. The molecule has 1 unspecified atom stereocenters. The van der Waals surface area contributed by atoms with E-state index >= 15 is 0 Å². The van der Waals surface area contributed by atoms with Crippen LogP contribution < -0.4 is 9.62 Å². The molecule has 42 heavy (non-hydrogen) atoms. The molecule has 7 nitrogen and oxygen atoms in total. The lowest BCUT2D eigenvalue weighted by Crippen LogP contribution is -2.53. The summed E-state index contributed by atoms with van der Waals surface area (Å²) in [6.45, 7) is 1.63. The van der Waals surface area contributed by atoms with Gasteiger partial charge in [0.15, 0.2) is 0 Å². The molecule has 10 heteroatoms. The molecule has 2 amide bonds. The number of nitrogens with zero attached hydrogens (tertiary/aromatic N) is 2.